The lowest BCUT2D eigenvalue weighted by atomic mass is 9.84. The van der Waals surface area contributed by atoms with E-state index in [1.54, 1.807) is 0 Å². The minimum atomic E-state index is -0.567. The summed E-state index contributed by atoms with van der Waals surface area (Å²) in [6, 6.07) is 7.87. The van der Waals surface area contributed by atoms with Crippen molar-refractivity contribution in [3.05, 3.63) is 28.7 Å². The van der Waals surface area contributed by atoms with Gasteiger partial charge in [0, 0.05) is 10.2 Å². The molecule has 18 heavy (non-hydrogen) atoms. The van der Waals surface area contributed by atoms with Gasteiger partial charge in [-0.15, -0.1) is 0 Å². The van der Waals surface area contributed by atoms with Crippen molar-refractivity contribution in [3.63, 3.8) is 0 Å². The van der Waals surface area contributed by atoms with E-state index in [9.17, 15) is 4.79 Å². The minimum Gasteiger partial charge on any atom is -0.371 e. The summed E-state index contributed by atoms with van der Waals surface area (Å²) in [4.78, 5) is 11.9. The van der Waals surface area contributed by atoms with Crippen LogP contribution in [0.2, 0.25) is 0 Å². The topological polar surface area (TPSA) is 55.1 Å². The second-order valence-corrected chi connectivity index (χ2v) is 5.88. The first-order valence-electron chi connectivity index (χ1n) is 6.42. The number of nitrogens with two attached hydrogens (primary N) is 1. The highest BCUT2D eigenvalue weighted by Gasteiger charge is 2.46. The molecule has 2 atom stereocenters. The Labute approximate surface area is 116 Å². The summed E-state index contributed by atoms with van der Waals surface area (Å²) in [7, 11) is 0. The normalized spacial score (nSPS) is 27.1. The fourth-order valence-corrected chi connectivity index (χ4v) is 3.24. The fraction of sp³-hybridized carbons (Fsp3) is 0.500. The predicted molar refractivity (Wildman–Crippen MR) is 77.3 cm³/mol. The van der Waals surface area contributed by atoms with Crippen LogP contribution >= 0.6 is 15.9 Å². The Morgan fingerprint density at radius 2 is 2.17 bits per heavy atom. The third-order valence-corrected chi connectivity index (χ3v) is 4.49. The van der Waals surface area contributed by atoms with Crippen LogP contribution in [0, 0.1) is 5.92 Å². The quantitative estimate of drug-likeness (QED) is 0.896. The Kier molecular flexibility index (Phi) is 3.95. The van der Waals surface area contributed by atoms with E-state index in [1.165, 1.54) is 0 Å². The van der Waals surface area contributed by atoms with E-state index in [0.29, 0.717) is 5.92 Å². The Bertz CT molecular complexity index is 432. The molecule has 3 N–H and O–H groups in total. The largest absolute Gasteiger partial charge is 0.371 e. The number of carbonyl (C=O) groups excluding carboxylic acids is 1. The smallest absolute Gasteiger partial charge is 0.243 e. The molecule has 2 unspecified atom stereocenters. The van der Waals surface area contributed by atoms with Crippen molar-refractivity contribution in [3.8, 4) is 0 Å². The van der Waals surface area contributed by atoms with Gasteiger partial charge in [-0.2, -0.15) is 0 Å². The van der Waals surface area contributed by atoms with Gasteiger partial charge in [-0.25, -0.2) is 0 Å². The molecular weight excluding hydrogens is 292 g/mol. The Morgan fingerprint density at radius 1 is 1.50 bits per heavy atom. The Balaban J connectivity index is 2.26. The molecule has 0 spiro atoms. The van der Waals surface area contributed by atoms with Crippen LogP contribution in [-0.2, 0) is 4.79 Å². The highest BCUT2D eigenvalue weighted by molar-refractivity contribution is 9.10. The van der Waals surface area contributed by atoms with Gasteiger partial charge in [0.25, 0.3) is 0 Å². The molecule has 1 aliphatic carbocycles. The van der Waals surface area contributed by atoms with E-state index in [4.69, 9.17) is 5.73 Å². The molecular formula is C14H19BrN2O. The molecule has 1 saturated carbocycles. The summed E-state index contributed by atoms with van der Waals surface area (Å²) in [5.41, 5.74) is 6.05. The number of nitrogens with one attached hydrogen (secondary N) is 1. The number of anilines is 1. The number of amides is 1. The first-order chi connectivity index (χ1) is 8.58. The molecule has 3 nitrogen and oxygen atoms in total. The van der Waals surface area contributed by atoms with Gasteiger partial charge in [-0.1, -0.05) is 35.7 Å². The molecule has 1 amide bonds. The molecule has 0 heterocycles. The summed E-state index contributed by atoms with van der Waals surface area (Å²) in [5, 5.41) is 3.39. The Morgan fingerprint density at radius 3 is 2.72 bits per heavy atom. The second kappa shape index (κ2) is 5.31. The standard InChI is InChI=1S/C14H19BrN2O/c1-2-10-4-3-9-14(10,13(16)18)17-12-7-5-11(15)6-8-12/h5-8,10,17H,2-4,9H2,1H3,(H2,16,18). The molecule has 2 rings (SSSR count). The van der Waals surface area contributed by atoms with Crippen LogP contribution in [-0.4, -0.2) is 11.4 Å². The lowest BCUT2D eigenvalue weighted by Crippen LogP contribution is -2.53. The maximum atomic E-state index is 11.9. The fourth-order valence-electron chi connectivity index (χ4n) is 2.97. The van der Waals surface area contributed by atoms with Crippen LogP contribution in [0.15, 0.2) is 28.7 Å². The summed E-state index contributed by atoms with van der Waals surface area (Å²) < 4.78 is 1.03. The average molecular weight is 311 g/mol. The molecule has 0 saturated heterocycles. The number of primary amides is 1. The van der Waals surface area contributed by atoms with Crippen LogP contribution in [0.1, 0.15) is 32.6 Å². The van der Waals surface area contributed by atoms with E-state index < -0.39 is 5.54 Å². The van der Waals surface area contributed by atoms with Crippen molar-refractivity contribution in [2.24, 2.45) is 11.7 Å². The molecule has 1 aliphatic rings. The first kappa shape index (κ1) is 13.4. The van der Waals surface area contributed by atoms with Crippen molar-refractivity contribution < 1.29 is 4.79 Å². The minimum absolute atomic E-state index is 0.227. The van der Waals surface area contributed by atoms with Crippen LogP contribution in [0.25, 0.3) is 0 Å². The van der Waals surface area contributed by atoms with Crippen LogP contribution in [0.4, 0.5) is 5.69 Å². The van der Waals surface area contributed by atoms with Gasteiger partial charge in [0.05, 0.1) is 0 Å². The van der Waals surface area contributed by atoms with Gasteiger partial charge in [-0.05, 0) is 43.0 Å². The van der Waals surface area contributed by atoms with Crippen LogP contribution in [0.5, 0.6) is 0 Å². The van der Waals surface area contributed by atoms with Gasteiger partial charge >= 0.3 is 0 Å². The highest BCUT2D eigenvalue weighted by atomic mass is 79.9. The van der Waals surface area contributed by atoms with Gasteiger partial charge < -0.3 is 11.1 Å². The summed E-state index contributed by atoms with van der Waals surface area (Å²) in [5.74, 6) is 0.105. The van der Waals surface area contributed by atoms with Crippen molar-refractivity contribution in [2.45, 2.75) is 38.1 Å². The molecule has 1 aromatic rings. The van der Waals surface area contributed by atoms with Gasteiger partial charge in [-0.3, -0.25) is 4.79 Å². The van der Waals surface area contributed by atoms with Crippen LogP contribution in [0.3, 0.4) is 0 Å². The SMILES string of the molecule is CCC1CCCC1(Nc1ccc(Br)cc1)C(N)=O. The number of benzene rings is 1. The van der Waals surface area contributed by atoms with E-state index in [-0.39, 0.29) is 5.91 Å². The third-order valence-electron chi connectivity index (χ3n) is 3.96. The second-order valence-electron chi connectivity index (χ2n) is 4.96. The van der Waals surface area contributed by atoms with Crippen molar-refractivity contribution in [2.75, 3.05) is 5.32 Å². The molecule has 1 fully saturated rings. The highest BCUT2D eigenvalue weighted by Crippen LogP contribution is 2.40. The molecule has 0 aliphatic heterocycles. The molecule has 4 heteroatoms. The maximum Gasteiger partial charge on any atom is 0.243 e. The molecule has 0 aromatic heterocycles. The molecule has 0 bridgehead atoms. The lowest BCUT2D eigenvalue weighted by molar-refractivity contribution is -0.123. The van der Waals surface area contributed by atoms with E-state index in [0.717, 1.165) is 35.8 Å². The summed E-state index contributed by atoms with van der Waals surface area (Å²) >= 11 is 3.41. The summed E-state index contributed by atoms with van der Waals surface area (Å²) in [6.07, 6.45) is 3.94. The van der Waals surface area contributed by atoms with Crippen LogP contribution < -0.4 is 11.1 Å². The van der Waals surface area contributed by atoms with E-state index in [1.807, 2.05) is 24.3 Å². The van der Waals surface area contributed by atoms with Gasteiger partial charge in [0.2, 0.25) is 5.91 Å². The Hall–Kier alpha value is -1.03. The number of hydrogen-bond acceptors (Lipinski definition) is 2. The lowest BCUT2D eigenvalue weighted by Gasteiger charge is -2.34. The van der Waals surface area contributed by atoms with E-state index in [2.05, 4.69) is 28.2 Å². The molecule has 1 aromatic carbocycles. The molecule has 98 valence electrons. The number of hydrogen-bond donors (Lipinski definition) is 2. The predicted octanol–water partition coefficient (Wildman–Crippen LogP) is 3.30. The van der Waals surface area contributed by atoms with Gasteiger partial charge in [0.1, 0.15) is 5.54 Å². The monoisotopic (exact) mass is 310 g/mol. The van der Waals surface area contributed by atoms with Crippen molar-refractivity contribution in [1.29, 1.82) is 0 Å². The van der Waals surface area contributed by atoms with E-state index >= 15 is 0 Å². The average Bonchev–Trinajstić information content (AvgIpc) is 2.76. The zero-order chi connectivity index (χ0) is 13.2. The first-order valence-corrected chi connectivity index (χ1v) is 7.21. The third kappa shape index (κ3) is 2.39. The maximum absolute atomic E-state index is 11.9. The molecule has 0 radical (unpaired) electrons. The zero-order valence-electron chi connectivity index (χ0n) is 10.6. The number of carbonyl (C=O) groups is 1. The van der Waals surface area contributed by atoms with Crippen molar-refractivity contribution in [1.82, 2.24) is 0 Å². The van der Waals surface area contributed by atoms with Gasteiger partial charge in [0.15, 0.2) is 0 Å². The number of halogens is 1. The zero-order valence-corrected chi connectivity index (χ0v) is 12.2. The number of rotatable bonds is 4. The van der Waals surface area contributed by atoms with Crippen molar-refractivity contribution >= 4 is 27.5 Å². The summed E-state index contributed by atoms with van der Waals surface area (Å²) in [6.45, 7) is 2.12.